The van der Waals surface area contributed by atoms with Gasteiger partial charge in [0.15, 0.2) is 0 Å². The number of hydrogen-bond donors (Lipinski definition) is 1. The minimum Gasteiger partial charge on any atom is -0.377 e. The maximum Gasteiger partial charge on any atom is 0.124 e. The van der Waals surface area contributed by atoms with Crippen LogP contribution in [0.15, 0.2) is 23.1 Å². The highest BCUT2D eigenvalue weighted by Gasteiger charge is 2.15. The van der Waals surface area contributed by atoms with Gasteiger partial charge in [-0.1, -0.05) is 0 Å². The Labute approximate surface area is 106 Å². The van der Waals surface area contributed by atoms with E-state index in [-0.39, 0.29) is 5.82 Å². The first-order chi connectivity index (χ1) is 8.28. The summed E-state index contributed by atoms with van der Waals surface area (Å²) in [5, 5.41) is 0. The summed E-state index contributed by atoms with van der Waals surface area (Å²) in [5.41, 5.74) is 6.46. The summed E-state index contributed by atoms with van der Waals surface area (Å²) >= 11 is 1.67. The van der Waals surface area contributed by atoms with E-state index in [0.717, 1.165) is 42.1 Å². The van der Waals surface area contributed by atoms with Crippen molar-refractivity contribution in [1.29, 1.82) is 0 Å². The second-order valence-electron chi connectivity index (χ2n) is 4.28. The quantitative estimate of drug-likeness (QED) is 0.821. The largest absolute Gasteiger partial charge is 0.377 e. The summed E-state index contributed by atoms with van der Waals surface area (Å²) in [6.07, 6.45) is 3.33. The molecule has 1 saturated heterocycles. The fourth-order valence-electron chi connectivity index (χ4n) is 1.98. The highest BCUT2D eigenvalue weighted by Crippen LogP contribution is 2.25. The molecule has 1 aromatic carbocycles. The summed E-state index contributed by atoms with van der Waals surface area (Å²) in [4.78, 5) is 0.976. The Hall–Kier alpha value is -0.580. The van der Waals surface area contributed by atoms with Crippen molar-refractivity contribution in [3.05, 3.63) is 29.6 Å². The average molecular weight is 255 g/mol. The highest BCUT2D eigenvalue weighted by molar-refractivity contribution is 7.99. The van der Waals surface area contributed by atoms with E-state index in [4.69, 9.17) is 10.5 Å². The lowest BCUT2D eigenvalue weighted by Gasteiger charge is -2.09. The molecule has 4 heteroatoms. The molecule has 2 rings (SSSR count). The molecule has 2 N–H and O–H groups in total. The number of ether oxygens (including phenoxy) is 1. The van der Waals surface area contributed by atoms with Crippen LogP contribution >= 0.6 is 11.8 Å². The summed E-state index contributed by atoms with van der Waals surface area (Å²) in [5.74, 6) is 0.733. The highest BCUT2D eigenvalue weighted by atomic mass is 32.2. The van der Waals surface area contributed by atoms with Gasteiger partial charge in [0.1, 0.15) is 5.82 Å². The molecule has 0 amide bonds. The predicted molar refractivity (Wildman–Crippen MR) is 68.9 cm³/mol. The van der Waals surface area contributed by atoms with Crippen molar-refractivity contribution >= 4 is 11.8 Å². The summed E-state index contributed by atoms with van der Waals surface area (Å²) in [6.45, 7) is 1.42. The number of nitrogens with two attached hydrogens (primary N) is 1. The molecule has 1 unspecified atom stereocenters. The average Bonchev–Trinajstić information content (AvgIpc) is 2.79. The van der Waals surface area contributed by atoms with Crippen molar-refractivity contribution < 1.29 is 9.13 Å². The molecule has 0 aromatic heterocycles. The zero-order valence-electron chi connectivity index (χ0n) is 9.82. The molecule has 1 aliphatic rings. The fourth-order valence-corrected chi connectivity index (χ4v) is 3.05. The number of halogens is 1. The van der Waals surface area contributed by atoms with E-state index in [1.807, 2.05) is 6.07 Å². The zero-order valence-corrected chi connectivity index (χ0v) is 10.6. The predicted octanol–water partition coefficient (Wildman–Crippen LogP) is 2.60. The third-order valence-electron chi connectivity index (χ3n) is 2.82. The standard InChI is InChI=1S/C13H18FNOS/c14-11-6-10(3-4-15)7-13(8-11)17-9-12-2-1-5-16-12/h6-8,12H,1-5,9,15H2. The van der Waals surface area contributed by atoms with Gasteiger partial charge in [0.25, 0.3) is 0 Å². The van der Waals surface area contributed by atoms with Crippen LogP contribution in [-0.2, 0) is 11.2 Å². The van der Waals surface area contributed by atoms with E-state index in [2.05, 4.69) is 0 Å². The van der Waals surface area contributed by atoms with Gasteiger partial charge in [-0.3, -0.25) is 0 Å². The van der Waals surface area contributed by atoms with Gasteiger partial charge in [0.2, 0.25) is 0 Å². The third-order valence-corrected chi connectivity index (χ3v) is 3.93. The van der Waals surface area contributed by atoms with Crippen LogP contribution in [0.1, 0.15) is 18.4 Å². The molecule has 94 valence electrons. The second-order valence-corrected chi connectivity index (χ2v) is 5.37. The molecular weight excluding hydrogens is 237 g/mol. The van der Waals surface area contributed by atoms with Crippen LogP contribution < -0.4 is 5.73 Å². The number of benzene rings is 1. The topological polar surface area (TPSA) is 35.2 Å². The Morgan fingerprint density at radius 1 is 1.41 bits per heavy atom. The molecule has 1 aliphatic heterocycles. The normalized spacial score (nSPS) is 19.8. The molecule has 1 fully saturated rings. The van der Waals surface area contributed by atoms with E-state index >= 15 is 0 Å². The summed E-state index contributed by atoms with van der Waals surface area (Å²) in [6, 6.07) is 5.16. The Kier molecular flexibility index (Phi) is 4.83. The Balaban J connectivity index is 1.94. The number of rotatable bonds is 5. The molecule has 0 radical (unpaired) electrons. The van der Waals surface area contributed by atoms with Gasteiger partial charge in [0, 0.05) is 17.3 Å². The van der Waals surface area contributed by atoms with Crippen LogP contribution in [0.4, 0.5) is 4.39 Å². The first kappa shape index (κ1) is 12.9. The molecular formula is C13H18FNOS. The first-order valence-corrected chi connectivity index (χ1v) is 7.00. The zero-order chi connectivity index (χ0) is 12.1. The Morgan fingerprint density at radius 2 is 2.29 bits per heavy atom. The minimum absolute atomic E-state index is 0.175. The molecule has 0 aliphatic carbocycles. The van der Waals surface area contributed by atoms with Crippen molar-refractivity contribution in [1.82, 2.24) is 0 Å². The first-order valence-electron chi connectivity index (χ1n) is 6.02. The van der Waals surface area contributed by atoms with Crippen molar-refractivity contribution in [3.63, 3.8) is 0 Å². The SMILES string of the molecule is NCCc1cc(F)cc(SCC2CCCO2)c1. The molecule has 0 saturated carbocycles. The lowest BCUT2D eigenvalue weighted by Crippen LogP contribution is -2.08. The van der Waals surface area contributed by atoms with Crippen LogP contribution in [0, 0.1) is 5.82 Å². The molecule has 2 nitrogen and oxygen atoms in total. The van der Waals surface area contributed by atoms with E-state index in [0.29, 0.717) is 12.6 Å². The van der Waals surface area contributed by atoms with Gasteiger partial charge in [-0.05, 0) is 49.6 Å². The molecule has 17 heavy (non-hydrogen) atoms. The minimum atomic E-state index is -0.175. The lowest BCUT2D eigenvalue weighted by molar-refractivity contribution is 0.129. The van der Waals surface area contributed by atoms with E-state index in [9.17, 15) is 4.39 Å². The van der Waals surface area contributed by atoms with Crippen LogP contribution in [0.5, 0.6) is 0 Å². The van der Waals surface area contributed by atoms with Gasteiger partial charge in [-0.2, -0.15) is 0 Å². The second kappa shape index (κ2) is 6.38. The van der Waals surface area contributed by atoms with Gasteiger partial charge in [-0.15, -0.1) is 11.8 Å². The smallest absolute Gasteiger partial charge is 0.124 e. The van der Waals surface area contributed by atoms with Crippen LogP contribution in [0.3, 0.4) is 0 Å². The third kappa shape index (κ3) is 3.98. The monoisotopic (exact) mass is 255 g/mol. The van der Waals surface area contributed by atoms with Gasteiger partial charge >= 0.3 is 0 Å². The van der Waals surface area contributed by atoms with E-state index in [1.165, 1.54) is 0 Å². The molecule has 0 bridgehead atoms. The molecule has 1 atom stereocenters. The maximum atomic E-state index is 13.4. The van der Waals surface area contributed by atoms with Gasteiger partial charge in [-0.25, -0.2) is 4.39 Å². The Bertz CT molecular complexity index is 366. The maximum absolute atomic E-state index is 13.4. The van der Waals surface area contributed by atoms with Crippen molar-refractivity contribution in [2.75, 3.05) is 18.9 Å². The van der Waals surface area contributed by atoms with Crippen molar-refractivity contribution in [3.8, 4) is 0 Å². The van der Waals surface area contributed by atoms with Gasteiger partial charge < -0.3 is 10.5 Å². The van der Waals surface area contributed by atoms with Crippen LogP contribution in [0.25, 0.3) is 0 Å². The Morgan fingerprint density at radius 3 is 3.00 bits per heavy atom. The summed E-state index contributed by atoms with van der Waals surface area (Å²) < 4.78 is 18.9. The number of thioether (sulfide) groups is 1. The van der Waals surface area contributed by atoms with Crippen LogP contribution in [0.2, 0.25) is 0 Å². The summed E-state index contributed by atoms with van der Waals surface area (Å²) in [7, 11) is 0. The van der Waals surface area contributed by atoms with Crippen molar-refractivity contribution in [2.45, 2.75) is 30.3 Å². The molecule has 0 spiro atoms. The lowest BCUT2D eigenvalue weighted by atomic mass is 10.1. The van der Waals surface area contributed by atoms with E-state index in [1.54, 1.807) is 23.9 Å². The van der Waals surface area contributed by atoms with E-state index < -0.39 is 0 Å². The van der Waals surface area contributed by atoms with Gasteiger partial charge in [0.05, 0.1) is 6.10 Å². The number of hydrogen-bond acceptors (Lipinski definition) is 3. The fraction of sp³-hybridized carbons (Fsp3) is 0.538. The van der Waals surface area contributed by atoms with Crippen LogP contribution in [-0.4, -0.2) is 25.0 Å². The molecule has 1 heterocycles. The molecule has 1 aromatic rings. The van der Waals surface area contributed by atoms with Crippen molar-refractivity contribution in [2.24, 2.45) is 5.73 Å².